The number of halogens is 1. The maximum absolute atomic E-state index is 12.9. The van der Waals surface area contributed by atoms with Crippen LogP contribution in [0.25, 0.3) is 11.0 Å². The summed E-state index contributed by atoms with van der Waals surface area (Å²) < 4.78 is 27.4. The van der Waals surface area contributed by atoms with Gasteiger partial charge in [0.2, 0.25) is 17.0 Å². The molecule has 1 aliphatic rings. The molecule has 0 spiro atoms. The summed E-state index contributed by atoms with van der Waals surface area (Å²) in [6.07, 6.45) is 1.83. The van der Waals surface area contributed by atoms with E-state index in [1.807, 2.05) is 17.0 Å². The summed E-state index contributed by atoms with van der Waals surface area (Å²) in [7, 11) is 8.04. The Morgan fingerprint density at radius 2 is 1.68 bits per heavy atom. The Labute approximate surface area is 225 Å². The number of methoxy groups -OCH3 is 5. The SMILES string of the molecule is COCCN(Cc1cc(OC)c(OC)c(OC)c1)c1nc(N2CCC(OC)CC2)c2nc(Cl)[nH]c(=O)c2n1. The molecule has 0 atom stereocenters. The van der Waals surface area contributed by atoms with E-state index in [2.05, 4.69) is 19.9 Å². The van der Waals surface area contributed by atoms with Crippen LogP contribution in [-0.4, -0.2) is 87.8 Å². The van der Waals surface area contributed by atoms with E-state index in [1.54, 1.807) is 35.5 Å². The van der Waals surface area contributed by atoms with E-state index in [0.29, 0.717) is 67.3 Å². The van der Waals surface area contributed by atoms with Crippen molar-refractivity contribution < 1.29 is 23.7 Å². The summed E-state index contributed by atoms with van der Waals surface area (Å²) in [6, 6.07) is 3.74. The minimum Gasteiger partial charge on any atom is -0.493 e. The average molecular weight is 549 g/mol. The molecule has 3 aromatic rings. The van der Waals surface area contributed by atoms with Gasteiger partial charge in [-0.15, -0.1) is 0 Å². The van der Waals surface area contributed by atoms with E-state index in [9.17, 15) is 4.79 Å². The average Bonchev–Trinajstić information content (AvgIpc) is 2.94. The largest absolute Gasteiger partial charge is 0.493 e. The van der Waals surface area contributed by atoms with Gasteiger partial charge in [0.15, 0.2) is 22.8 Å². The molecule has 1 fully saturated rings. The zero-order valence-electron chi connectivity index (χ0n) is 22.2. The van der Waals surface area contributed by atoms with Gasteiger partial charge in [0.25, 0.3) is 5.56 Å². The molecular weight excluding hydrogens is 516 g/mol. The van der Waals surface area contributed by atoms with Gasteiger partial charge in [0.05, 0.1) is 34.0 Å². The fourth-order valence-corrected chi connectivity index (χ4v) is 4.71. The number of anilines is 2. The molecule has 1 N–H and O–H groups in total. The fraction of sp³-hybridized carbons (Fsp3) is 0.520. The molecule has 0 unspecified atom stereocenters. The van der Waals surface area contributed by atoms with Crippen molar-refractivity contribution in [3.05, 3.63) is 33.3 Å². The van der Waals surface area contributed by atoms with Crippen LogP contribution in [0.1, 0.15) is 18.4 Å². The Bertz CT molecular complexity index is 1290. The van der Waals surface area contributed by atoms with Crippen LogP contribution >= 0.6 is 11.6 Å². The molecule has 1 aliphatic heterocycles. The lowest BCUT2D eigenvalue weighted by molar-refractivity contribution is 0.0818. The highest BCUT2D eigenvalue weighted by atomic mass is 35.5. The first-order valence-corrected chi connectivity index (χ1v) is 12.6. The molecule has 0 saturated carbocycles. The smallest absolute Gasteiger partial charge is 0.278 e. The summed E-state index contributed by atoms with van der Waals surface area (Å²) in [6.45, 7) is 2.65. The van der Waals surface area contributed by atoms with Gasteiger partial charge in [-0.1, -0.05) is 0 Å². The number of fused-ring (bicyclic) bond motifs is 1. The standard InChI is InChI=1S/C25H33ClN6O6/c1-34-11-10-32(14-15-12-17(36-3)21(38-5)18(13-15)37-4)25-28-20-19(27-24(26)30-23(20)33)22(29-25)31-8-6-16(35-2)7-9-31/h12-13,16H,6-11,14H2,1-5H3,(H,27,30,33). The van der Waals surface area contributed by atoms with Crippen LogP contribution in [-0.2, 0) is 16.0 Å². The second-order valence-corrected chi connectivity index (χ2v) is 9.13. The lowest BCUT2D eigenvalue weighted by atomic mass is 10.1. The summed E-state index contributed by atoms with van der Waals surface area (Å²) >= 11 is 6.12. The number of nitrogens with one attached hydrogen (secondary N) is 1. The quantitative estimate of drug-likeness (QED) is 0.355. The van der Waals surface area contributed by atoms with Crippen molar-refractivity contribution in [1.82, 2.24) is 19.9 Å². The molecule has 13 heteroatoms. The first-order chi connectivity index (χ1) is 18.4. The Hall–Kier alpha value is -3.35. The number of piperidine rings is 1. The zero-order chi connectivity index (χ0) is 27.2. The third-order valence-corrected chi connectivity index (χ3v) is 6.70. The van der Waals surface area contributed by atoms with E-state index in [4.69, 9.17) is 40.3 Å². The fourth-order valence-electron chi connectivity index (χ4n) is 4.54. The third-order valence-electron chi connectivity index (χ3n) is 6.52. The molecule has 3 heterocycles. The molecule has 0 radical (unpaired) electrons. The highest BCUT2D eigenvalue weighted by Crippen LogP contribution is 2.39. The molecule has 38 heavy (non-hydrogen) atoms. The van der Waals surface area contributed by atoms with E-state index in [1.165, 1.54) is 0 Å². The molecule has 0 amide bonds. The van der Waals surface area contributed by atoms with E-state index in [0.717, 1.165) is 18.4 Å². The van der Waals surface area contributed by atoms with Crippen molar-refractivity contribution in [3.63, 3.8) is 0 Å². The van der Waals surface area contributed by atoms with E-state index >= 15 is 0 Å². The summed E-state index contributed by atoms with van der Waals surface area (Å²) in [5.74, 6) is 2.48. The monoisotopic (exact) mass is 548 g/mol. The number of hydrogen-bond donors (Lipinski definition) is 1. The summed E-state index contributed by atoms with van der Waals surface area (Å²) in [5.41, 5.74) is 0.953. The molecule has 4 rings (SSSR count). The molecule has 206 valence electrons. The van der Waals surface area contributed by atoms with E-state index in [-0.39, 0.29) is 16.9 Å². The van der Waals surface area contributed by atoms with Gasteiger partial charge in [-0.2, -0.15) is 4.98 Å². The van der Waals surface area contributed by atoms with Gasteiger partial charge < -0.3 is 33.5 Å². The number of nitrogens with zero attached hydrogens (tertiary/aromatic N) is 5. The zero-order valence-corrected chi connectivity index (χ0v) is 23.0. The predicted octanol–water partition coefficient (Wildman–Crippen LogP) is 2.66. The number of aromatic amines is 1. The van der Waals surface area contributed by atoms with Crippen LogP contribution in [0.3, 0.4) is 0 Å². The van der Waals surface area contributed by atoms with Crippen molar-refractivity contribution in [1.29, 1.82) is 0 Å². The Morgan fingerprint density at radius 3 is 2.26 bits per heavy atom. The Balaban J connectivity index is 1.80. The summed E-state index contributed by atoms with van der Waals surface area (Å²) in [5, 5.41) is -0.0134. The number of ether oxygens (including phenoxy) is 5. The van der Waals surface area contributed by atoms with Crippen LogP contribution in [0.15, 0.2) is 16.9 Å². The molecule has 12 nitrogen and oxygen atoms in total. The molecular formula is C25H33ClN6O6. The first kappa shape index (κ1) is 27.7. The highest BCUT2D eigenvalue weighted by molar-refractivity contribution is 6.28. The highest BCUT2D eigenvalue weighted by Gasteiger charge is 2.26. The lowest BCUT2D eigenvalue weighted by Crippen LogP contribution is -2.38. The van der Waals surface area contributed by atoms with Crippen molar-refractivity contribution in [2.45, 2.75) is 25.5 Å². The molecule has 0 bridgehead atoms. The molecule has 0 aliphatic carbocycles. The Kier molecular flexibility index (Phi) is 9.08. The second kappa shape index (κ2) is 12.5. The lowest BCUT2D eigenvalue weighted by Gasteiger charge is -2.33. The van der Waals surface area contributed by atoms with Crippen LogP contribution < -0.4 is 29.6 Å². The molecule has 1 aromatic carbocycles. The van der Waals surface area contributed by atoms with Crippen LogP contribution in [0, 0.1) is 0 Å². The third kappa shape index (κ3) is 5.87. The number of hydrogen-bond acceptors (Lipinski definition) is 11. The van der Waals surface area contributed by atoms with Crippen LogP contribution in [0.5, 0.6) is 17.2 Å². The van der Waals surface area contributed by atoms with Gasteiger partial charge >= 0.3 is 0 Å². The van der Waals surface area contributed by atoms with Crippen molar-refractivity contribution >= 4 is 34.4 Å². The van der Waals surface area contributed by atoms with E-state index < -0.39 is 5.56 Å². The van der Waals surface area contributed by atoms with Gasteiger partial charge in [0.1, 0.15) is 5.52 Å². The van der Waals surface area contributed by atoms with Gasteiger partial charge in [-0.05, 0) is 42.1 Å². The normalized spacial score (nSPS) is 14.1. The minimum atomic E-state index is -0.434. The molecule has 1 saturated heterocycles. The predicted molar refractivity (Wildman–Crippen MR) is 144 cm³/mol. The summed E-state index contributed by atoms with van der Waals surface area (Å²) in [4.78, 5) is 33.4. The maximum Gasteiger partial charge on any atom is 0.278 e. The first-order valence-electron chi connectivity index (χ1n) is 12.2. The minimum absolute atomic E-state index is 0.0134. The van der Waals surface area contributed by atoms with Gasteiger partial charge in [-0.25, -0.2) is 9.97 Å². The van der Waals surface area contributed by atoms with Crippen LogP contribution in [0.4, 0.5) is 11.8 Å². The van der Waals surface area contributed by atoms with Crippen LogP contribution in [0.2, 0.25) is 5.28 Å². The number of aromatic nitrogens is 4. The maximum atomic E-state index is 12.9. The van der Waals surface area contributed by atoms with Gasteiger partial charge in [-0.3, -0.25) is 9.78 Å². The van der Waals surface area contributed by atoms with Crippen molar-refractivity contribution in [2.24, 2.45) is 0 Å². The topological polar surface area (TPSA) is 124 Å². The molecule has 2 aromatic heterocycles. The van der Waals surface area contributed by atoms with Gasteiger partial charge in [0, 0.05) is 40.4 Å². The van der Waals surface area contributed by atoms with Crippen molar-refractivity contribution in [2.75, 3.05) is 71.6 Å². The number of H-pyrrole nitrogens is 1. The number of benzene rings is 1. The van der Waals surface area contributed by atoms with Crippen molar-refractivity contribution in [3.8, 4) is 17.2 Å². The second-order valence-electron chi connectivity index (χ2n) is 8.77. The number of rotatable bonds is 11. The Morgan fingerprint density at radius 1 is 1.00 bits per heavy atom.